The van der Waals surface area contributed by atoms with E-state index >= 15 is 0 Å². The third kappa shape index (κ3) is 9.34. The Labute approximate surface area is 203 Å². The molecule has 1 aliphatic heterocycles. The number of hydrogen-bond donors (Lipinski definition) is 0. The normalized spacial score (nSPS) is 15.0. The molecular formula is C31H46S. The Hall–Kier alpha value is -1.21. The highest BCUT2D eigenvalue weighted by Crippen LogP contribution is 2.44. The summed E-state index contributed by atoms with van der Waals surface area (Å²) in [7, 11) is 0. The van der Waals surface area contributed by atoms with Gasteiger partial charge in [0.15, 0.2) is 0 Å². The van der Waals surface area contributed by atoms with Crippen LogP contribution in [0.2, 0.25) is 0 Å². The van der Waals surface area contributed by atoms with E-state index in [-0.39, 0.29) is 0 Å². The summed E-state index contributed by atoms with van der Waals surface area (Å²) in [4.78, 5) is 2.86. The van der Waals surface area contributed by atoms with E-state index in [4.69, 9.17) is 0 Å². The van der Waals surface area contributed by atoms with Crippen LogP contribution < -0.4 is 0 Å². The summed E-state index contributed by atoms with van der Waals surface area (Å²) in [5, 5.41) is 0. The summed E-state index contributed by atoms with van der Waals surface area (Å²) >= 11 is 1.94. The third-order valence-electron chi connectivity index (χ3n) is 7.02. The van der Waals surface area contributed by atoms with Crippen LogP contribution in [-0.2, 0) is 0 Å². The zero-order valence-electron chi connectivity index (χ0n) is 20.7. The Balaban J connectivity index is 1.14. The predicted octanol–water partition coefficient (Wildman–Crippen LogP) is 11.0. The van der Waals surface area contributed by atoms with Crippen molar-refractivity contribution >= 4 is 17.8 Å². The zero-order valence-corrected chi connectivity index (χ0v) is 21.5. The standard InChI is InChI=1S/C31H46S/c1-2-3-4-5-6-7-8-9-10-11-12-13-14-15-16-17-20-27-23-24-31-29(25-27)26-28-21-18-19-22-30(28)32-31/h18-19,21-24,26H,2-17,20,25H2,1H3. The SMILES string of the molecule is CCCCCCCCCCCCCCCCCCC1=CC=C2Sc3ccccc3C=C2C1. The van der Waals surface area contributed by atoms with E-state index in [9.17, 15) is 0 Å². The third-order valence-corrected chi connectivity index (χ3v) is 8.23. The summed E-state index contributed by atoms with van der Waals surface area (Å²) in [6.07, 6.45) is 32.7. The first-order valence-electron chi connectivity index (χ1n) is 13.7. The molecule has 0 aromatic heterocycles. The largest absolute Gasteiger partial charge is 0.0892 e. The van der Waals surface area contributed by atoms with E-state index in [1.54, 1.807) is 5.57 Å². The molecule has 0 unspecified atom stereocenters. The molecule has 0 N–H and O–H groups in total. The molecule has 1 heteroatoms. The van der Waals surface area contributed by atoms with Gasteiger partial charge < -0.3 is 0 Å². The van der Waals surface area contributed by atoms with Crippen LogP contribution >= 0.6 is 11.8 Å². The van der Waals surface area contributed by atoms with Gasteiger partial charge >= 0.3 is 0 Å². The van der Waals surface area contributed by atoms with E-state index in [0.717, 1.165) is 6.42 Å². The topological polar surface area (TPSA) is 0 Å². The maximum absolute atomic E-state index is 2.41. The fourth-order valence-corrected chi connectivity index (χ4v) is 6.01. The lowest BCUT2D eigenvalue weighted by molar-refractivity contribution is 0.529. The summed E-state index contributed by atoms with van der Waals surface area (Å²) in [5.41, 5.74) is 4.56. The van der Waals surface area contributed by atoms with Gasteiger partial charge in [0.1, 0.15) is 0 Å². The minimum absolute atomic E-state index is 1.16. The molecule has 176 valence electrons. The van der Waals surface area contributed by atoms with Crippen LogP contribution in [0.25, 0.3) is 6.08 Å². The van der Waals surface area contributed by atoms with Gasteiger partial charge in [-0.05, 0) is 48.6 Å². The van der Waals surface area contributed by atoms with Crippen molar-refractivity contribution in [1.29, 1.82) is 0 Å². The average Bonchev–Trinajstić information content (AvgIpc) is 2.82. The van der Waals surface area contributed by atoms with Gasteiger partial charge in [-0.25, -0.2) is 0 Å². The quantitative estimate of drug-likeness (QED) is 0.213. The molecule has 1 aromatic carbocycles. The number of benzene rings is 1. The van der Waals surface area contributed by atoms with E-state index < -0.39 is 0 Å². The average molecular weight is 451 g/mol. The monoisotopic (exact) mass is 450 g/mol. The molecule has 3 rings (SSSR count). The fourth-order valence-electron chi connectivity index (χ4n) is 4.98. The molecule has 1 aromatic rings. The molecule has 0 spiro atoms. The van der Waals surface area contributed by atoms with Crippen molar-refractivity contribution in [1.82, 2.24) is 0 Å². The number of rotatable bonds is 17. The second kappa shape index (κ2) is 15.6. The highest BCUT2D eigenvalue weighted by atomic mass is 32.2. The van der Waals surface area contributed by atoms with Gasteiger partial charge in [0.2, 0.25) is 0 Å². The van der Waals surface area contributed by atoms with Gasteiger partial charge in [-0.2, -0.15) is 0 Å². The van der Waals surface area contributed by atoms with Crippen molar-refractivity contribution in [2.24, 2.45) is 0 Å². The number of unbranched alkanes of at least 4 members (excludes halogenated alkanes) is 15. The highest BCUT2D eigenvalue weighted by Gasteiger charge is 2.18. The van der Waals surface area contributed by atoms with Crippen molar-refractivity contribution in [3.05, 3.63) is 58.0 Å². The van der Waals surface area contributed by atoms with Crippen LogP contribution in [0.1, 0.15) is 128 Å². The molecule has 32 heavy (non-hydrogen) atoms. The minimum atomic E-state index is 1.16. The van der Waals surface area contributed by atoms with E-state index in [0.29, 0.717) is 0 Å². The minimum Gasteiger partial charge on any atom is -0.0892 e. The van der Waals surface area contributed by atoms with Crippen LogP contribution in [0, 0.1) is 0 Å². The van der Waals surface area contributed by atoms with Crippen LogP contribution in [0.3, 0.4) is 0 Å². The second-order valence-corrected chi connectivity index (χ2v) is 11.0. The van der Waals surface area contributed by atoms with E-state index in [1.807, 2.05) is 11.8 Å². The molecule has 0 bridgehead atoms. The first-order valence-corrected chi connectivity index (χ1v) is 14.6. The lowest BCUT2D eigenvalue weighted by Gasteiger charge is -2.23. The van der Waals surface area contributed by atoms with Gasteiger partial charge in [0, 0.05) is 9.80 Å². The number of hydrogen-bond acceptors (Lipinski definition) is 1. The van der Waals surface area contributed by atoms with Crippen molar-refractivity contribution in [2.45, 2.75) is 127 Å². The zero-order chi connectivity index (χ0) is 22.3. The Bertz CT molecular complexity index is 751. The molecule has 0 amide bonds. The maximum Gasteiger partial charge on any atom is 0.0195 e. The van der Waals surface area contributed by atoms with Gasteiger partial charge in [0.05, 0.1) is 0 Å². The molecule has 2 aliphatic rings. The Kier molecular flexibility index (Phi) is 12.4. The fraction of sp³-hybridized carbons (Fsp3) is 0.613. The highest BCUT2D eigenvalue weighted by molar-refractivity contribution is 8.03. The van der Waals surface area contributed by atoms with Gasteiger partial charge in [0.25, 0.3) is 0 Å². The van der Waals surface area contributed by atoms with Crippen LogP contribution in [0.15, 0.2) is 57.4 Å². The number of thioether (sulfide) groups is 1. The van der Waals surface area contributed by atoms with Gasteiger partial charge in [-0.3, -0.25) is 0 Å². The Morgan fingerprint density at radius 1 is 0.656 bits per heavy atom. The molecule has 0 saturated carbocycles. The second-order valence-electron chi connectivity index (χ2n) is 9.90. The summed E-state index contributed by atoms with van der Waals surface area (Å²) in [6, 6.07) is 8.79. The summed E-state index contributed by atoms with van der Waals surface area (Å²) < 4.78 is 0. The molecule has 0 saturated heterocycles. The Morgan fingerprint density at radius 3 is 1.84 bits per heavy atom. The van der Waals surface area contributed by atoms with E-state index in [2.05, 4.69) is 49.4 Å². The first-order chi connectivity index (χ1) is 15.9. The van der Waals surface area contributed by atoms with Crippen molar-refractivity contribution in [3.63, 3.8) is 0 Å². The van der Waals surface area contributed by atoms with E-state index in [1.165, 1.54) is 130 Å². The lowest BCUT2D eigenvalue weighted by atomic mass is 9.93. The molecule has 1 heterocycles. The molecule has 0 atom stereocenters. The number of fused-ring (bicyclic) bond motifs is 2. The summed E-state index contributed by atoms with van der Waals surface area (Å²) in [5.74, 6) is 0. The smallest absolute Gasteiger partial charge is 0.0195 e. The van der Waals surface area contributed by atoms with Crippen LogP contribution in [0.4, 0.5) is 0 Å². The molecule has 0 nitrogen and oxygen atoms in total. The van der Waals surface area contributed by atoms with Crippen molar-refractivity contribution in [2.75, 3.05) is 0 Å². The van der Waals surface area contributed by atoms with Crippen molar-refractivity contribution < 1.29 is 0 Å². The van der Waals surface area contributed by atoms with Gasteiger partial charge in [-0.1, -0.05) is 145 Å². The first kappa shape index (κ1) is 25.4. The number of allylic oxidation sites excluding steroid dienone is 4. The molecule has 1 aliphatic carbocycles. The van der Waals surface area contributed by atoms with Crippen molar-refractivity contribution in [3.8, 4) is 0 Å². The summed E-state index contributed by atoms with van der Waals surface area (Å²) in [6.45, 7) is 2.30. The predicted molar refractivity (Wildman–Crippen MR) is 145 cm³/mol. The van der Waals surface area contributed by atoms with Gasteiger partial charge in [-0.15, -0.1) is 0 Å². The molecular weight excluding hydrogens is 404 g/mol. The van der Waals surface area contributed by atoms with Crippen LogP contribution in [0.5, 0.6) is 0 Å². The van der Waals surface area contributed by atoms with Crippen LogP contribution in [-0.4, -0.2) is 0 Å². The maximum atomic E-state index is 2.41. The molecule has 0 radical (unpaired) electrons. The lowest BCUT2D eigenvalue weighted by Crippen LogP contribution is -2.00. The molecule has 0 fully saturated rings. The Morgan fingerprint density at radius 2 is 1.22 bits per heavy atom.